The number of fused-ring (bicyclic) bond motifs is 1. The molecular formula is C18H13Br2NO2. The molecule has 0 fully saturated rings. The van der Waals surface area contributed by atoms with E-state index in [-0.39, 0.29) is 12.5 Å². The average Bonchev–Trinajstić information content (AvgIpc) is 2.56. The predicted octanol–water partition coefficient (Wildman–Crippen LogP) is 5.38. The zero-order valence-corrected chi connectivity index (χ0v) is 15.2. The maximum absolute atomic E-state index is 12.0. The average molecular weight is 435 g/mol. The van der Waals surface area contributed by atoms with Gasteiger partial charge in [0.1, 0.15) is 5.75 Å². The van der Waals surface area contributed by atoms with Crippen LogP contribution in [0.25, 0.3) is 10.8 Å². The normalized spacial score (nSPS) is 10.5. The molecule has 0 saturated heterocycles. The summed E-state index contributed by atoms with van der Waals surface area (Å²) in [7, 11) is 0. The highest BCUT2D eigenvalue weighted by Gasteiger charge is 2.06. The van der Waals surface area contributed by atoms with Gasteiger partial charge in [-0.15, -0.1) is 0 Å². The fourth-order valence-corrected chi connectivity index (χ4v) is 2.80. The third kappa shape index (κ3) is 4.12. The number of carbonyl (C=O) groups is 1. The summed E-state index contributed by atoms with van der Waals surface area (Å²) in [5.41, 5.74) is 0.715. The highest BCUT2D eigenvalue weighted by atomic mass is 79.9. The van der Waals surface area contributed by atoms with E-state index in [1.165, 1.54) is 0 Å². The summed E-state index contributed by atoms with van der Waals surface area (Å²) in [5.74, 6) is 0.475. The van der Waals surface area contributed by atoms with Crippen LogP contribution in [0.5, 0.6) is 5.75 Å². The van der Waals surface area contributed by atoms with E-state index in [2.05, 4.69) is 37.2 Å². The largest absolute Gasteiger partial charge is 0.484 e. The number of hydrogen-bond donors (Lipinski definition) is 1. The molecule has 116 valence electrons. The topological polar surface area (TPSA) is 38.3 Å². The van der Waals surface area contributed by atoms with E-state index in [1.807, 2.05) is 60.7 Å². The van der Waals surface area contributed by atoms with Crippen LogP contribution in [0.2, 0.25) is 0 Å². The fraction of sp³-hybridized carbons (Fsp3) is 0.0556. The lowest BCUT2D eigenvalue weighted by molar-refractivity contribution is -0.118. The first-order valence-electron chi connectivity index (χ1n) is 6.98. The monoisotopic (exact) mass is 433 g/mol. The Morgan fingerprint density at radius 1 is 0.913 bits per heavy atom. The van der Waals surface area contributed by atoms with Crippen LogP contribution in [0, 0.1) is 0 Å². The lowest BCUT2D eigenvalue weighted by Gasteiger charge is -2.09. The standard InChI is InChI=1S/C18H13Br2NO2/c19-16-8-6-14(10-17(16)20)21-18(22)11-23-15-7-5-12-3-1-2-4-13(12)9-15/h1-10H,11H2,(H,21,22). The summed E-state index contributed by atoms with van der Waals surface area (Å²) < 4.78 is 7.38. The predicted molar refractivity (Wildman–Crippen MR) is 99.9 cm³/mol. The molecule has 0 bridgehead atoms. The highest BCUT2D eigenvalue weighted by molar-refractivity contribution is 9.13. The molecule has 1 amide bonds. The maximum Gasteiger partial charge on any atom is 0.262 e. The number of benzene rings is 3. The molecule has 0 aromatic heterocycles. The van der Waals surface area contributed by atoms with Gasteiger partial charge in [-0.25, -0.2) is 0 Å². The van der Waals surface area contributed by atoms with E-state index in [0.717, 1.165) is 19.7 Å². The van der Waals surface area contributed by atoms with Crippen LogP contribution in [-0.4, -0.2) is 12.5 Å². The minimum absolute atomic E-state index is 0.0357. The van der Waals surface area contributed by atoms with Gasteiger partial charge in [-0.3, -0.25) is 4.79 Å². The number of halogens is 2. The lowest BCUT2D eigenvalue weighted by Crippen LogP contribution is -2.20. The lowest BCUT2D eigenvalue weighted by atomic mass is 10.1. The number of nitrogens with one attached hydrogen (secondary N) is 1. The number of carbonyl (C=O) groups excluding carboxylic acids is 1. The van der Waals surface area contributed by atoms with Crippen molar-refractivity contribution in [3.63, 3.8) is 0 Å². The van der Waals surface area contributed by atoms with Crippen molar-refractivity contribution in [2.24, 2.45) is 0 Å². The van der Waals surface area contributed by atoms with Crippen molar-refractivity contribution < 1.29 is 9.53 Å². The molecule has 0 radical (unpaired) electrons. The molecule has 0 saturated carbocycles. The van der Waals surface area contributed by atoms with Crippen molar-refractivity contribution >= 4 is 54.2 Å². The molecule has 1 N–H and O–H groups in total. The van der Waals surface area contributed by atoms with Crippen LogP contribution < -0.4 is 10.1 Å². The Kier molecular flexibility index (Phi) is 4.98. The second-order valence-electron chi connectivity index (χ2n) is 4.97. The highest BCUT2D eigenvalue weighted by Crippen LogP contribution is 2.26. The number of anilines is 1. The molecule has 0 atom stereocenters. The molecule has 5 heteroatoms. The van der Waals surface area contributed by atoms with Crippen LogP contribution in [0.4, 0.5) is 5.69 Å². The minimum atomic E-state index is -0.201. The van der Waals surface area contributed by atoms with Gasteiger partial charge in [-0.1, -0.05) is 30.3 Å². The Hall–Kier alpha value is -1.85. The third-order valence-corrected chi connectivity index (χ3v) is 5.17. The van der Waals surface area contributed by atoms with E-state index < -0.39 is 0 Å². The van der Waals surface area contributed by atoms with Crippen LogP contribution in [-0.2, 0) is 4.79 Å². The van der Waals surface area contributed by atoms with Gasteiger partial charge in [0.15, 0.2) is 6.61 Å². The van der Waals surface area contributed by atoms with Crippen LogP contribution in [0.3, 0.4) is 0 Å². The molecule has 0 aliphatic carbocycles. The van der Waals surface area contributed by atoms with Gasteiger partial charge in [-0.05, 0) is 73.0 Å². The maximum atomic E-state index is 12.0. The quantitative estimate of drug-likeness (QED) is 0.598. The first-order valence-corrected chi connectivity index (χ1v) is 8.57. The number of hydrogen-bond acceptors (Lipinski definition) is 2. The smallest absolute Gasteiger partial charge is 0.262 e. The van der Waals surface area contributed by atoms with Gasteiger partial charge in [-0.2, -0.15) is 0 Å². The van der Waals surface area contributed by atoms with E-state index in [1.54, 1.807) is 0 Å². The SMILES string of the molecule is O=C(COc1ccc2ccccc2c1)Nc1ccc(Br)c(Br)c1. The second-order valence-corrected chi connectivity index (χ2v) is 6.68. The van der Waals surface area contributed by atoms with Crippen molar-refractivity contribution in [1.82, 2.24) is 0 Å². The molecule has 0 heterocycles. The summed E-state index contributed by atoms with van der Waals surface area (Å²) >= 11 is 6.80. The van der Waals surface area contributed by atoms with Gasteiger partial charge in [0, 0.05) is 14.6 Å². The summed E-state index contributed by atoms with van der Waals surface area (Å²) in [6.07, 6.45) is 0. The summed E-state index contributed by atoms with van der Waals surface area (Å²) in [5, 5.41) is 5.03. The van der Waals surface area contributed by atoms with E-state index in [4.69, 9.17) is 4.74 Å². The van der Waals surface area contributed by atoms with Crippen LogP contribution in [0.15, 0.2) is 69.6 Å². The van der Waals surface area contributed by atoms with Crippen LogP contribution in [0.1, 0.15) is 0 Å². The van der Waals surface area contributed by atoms with Crippen LogP contribution >= 0.6 is 31.9 Å². The van der Waals surface area contributed by atoms with E-state index in [0.29, 0.717) is 11.4 Å². The number of ether oxygens (including phenoxy) is 1. The van der Waals surface area contributed by atoms with Crippen molar-refractivity contribution in [1.29, 1.82) is 0 Å². The van der Waals surface area contributed by atoms with Crippen molar-refractivity contribution in [3.05, 3.63) is 69.6 Å². The summed E-state index contributed by atoms with van der Waals surface area (Å²) in [6, 6.07) is 19.3. The molecule has 23 heavy (non-hydrogen) atoms. The van der Waals surface area contributed by atoms with E-state index >= 15 is 0 Å². The van der Waals surface area contributed by atoms with E-state index in [9.17, 15) is 4.79 Å². The summed E-state index contributed by atoms with van der Waals surface area (Å²) in [4.78, 5) is 12.0. The number of rotatable bonds is 4. The van der Waals surface area contributed by atoms with Crippen molar-refractivity contribution in [2.45, 2.75) is 0 Å². The molecule has 3 nitrogen and oxygen atoms in total. The van der Waals surface area contributed by atoms with Gasteiger partial charge in [0.25, 0.3) is 5.91 Å². The van der Waals surface area contributed by atoms with Gasteiger partial charge in [0.2, 0.25) is 0 Å². The molecule has 3 rings (SSSR count). The Balaban J connectivity index is 1.62. The van der Waals surface area contributed by atoms with Gasteiger partial charge in [0.05, 0.1) is 0 Å². The third-order valence-electron chi connectivity index (χ3n) is 3.29. The second kappa shape index (κ2) is 7.15. The molecule has 0 aliphatic heterocycles. The Bertz CT molecular complexity index is 865. The summed E-state index contributed by atoms with van der Waals surface area (Å²) in [6.45, 7) is -0.0357. The first kappa shape index (κ1) is 16.0. The zero-order chi connectivity index (χ0) is 16.2. The Morgan fingerprint density at radius 2 is 1.70 bits per heavy atom. The van der Waals surface area contributed by atoms with Crippen molar-refractivity contribution in [2.75, 3.05) is 11.9 Å². The zero-order valence-electron chi connectivity index (χ0n) is 12.1. The van der Waals surface area contributed by atoms with Gasteiger partial charge < -0.3 is 10.1 Å². The number of amides is 1. The fourth-order valence-electron chi connectivity index (χ4n) is 2.18. The molecule has 3 aromatic carbocycles. The Morgan fingerprint density at radius 3 is 2.48 bits per heavy atom. The minimum Gasteiger partial charge on any atom is -0.484 e. The molecule has 3 aromatic rings. The molecular weight excluding hydrogens is 422 g/mol. The first-order chi connectivity index (χ1) is 11.1. The van der Waals surface area contributed by atoms with Gasteiger partial charge >= 0.3 is 0 Å². The molecule has 0 unspecified atom stereocenters. The van der Waals surface area contributed by atoms with Crippen molar-refractivity contribution in [3.8, 4) is 5.75 Å². The Labute approximate surface area is 150 Å². The molecule has 0 aliphatic rings. The molecule has 0 spiro atoms.